The van der Waals surface area contributed by atoms with Crippen LogP contribution in [0.25, 0.3) is 0 Å². The van der Waals surface area contributed by atoms with Crippen LogP contribution in [0.2, 0.25) is 0 Å². The summed E-state index contributed by atoms with van der Waals surface area (Å²) in [5.74, 6) is 1.42. The van der Waals surface area contributed by atoms with Gasteiger partial charge in [0.2, 0.25) is 0 Å². The fourth-order valence-electron chi connectivity index (χ4n) is 2.37. The molecule has 5 heteroatoms. The Bertz CT molecular complexity index is 663. The Balaban J connectivity index is 1.63. The van der Waals surface area contributed by atoms with Gasteiger partial charge in [-0.25, -0.2) is 0 Å². The molecule has 1 aliphatic rings. The van der Waals surface area contributed by atoms with Crippen LogP contribution in [0, 0.1) is 0 Å². The lowest BCUT2D eigenvalue weighted by Gasteiger charge is -2.05. The lowest BCUT2D eigenvalue weighted by Crippen LogP contribution is -2.08. The summed E-state index contributed by atoms with van der Waals surface area (Å²) in [6.07, 6.45) is -0.605. The first kappa shape index (κ1) is 15.5. The van der Waals surface area contributed by atoms with E-state index in [4.69, 9.17) is 18.9 Å². The number of hydrogen-bond donors (Lipinski definition) is 0. The van der Waals surface area contributed by atoms with Gasteiger partial charge in [-0.15, -0.1) is 0 Å². The van der Waals surface area contributed by atoms with E-state index in [1.807, 2.05) is 24.3 Å². The average molecular weight is 314 g/mol. The molecule has 0 N–H and O–H groups in total. The maximum atomic E-state index is 12.4. The molecule has 3 rings (SSSR count). The first-order valence-electron chi connectivity index (χ1n) is 7.28. The molecule has 0 bridgehead atoms. The Morgan fingerprint density at radius 3 is 2.26 bits per heavy atom. The van der Waals surface area contributed by atoms with E-state index in [-0.39, 0.29) is 18.7 Å². The van der Waals surface area contributed by atoms with Gasteiger partial charge in [0, 0.05) is 12.7 Å². The number of ether oxygens (including phenoxy) is 4. The molecule has 23 heavy (non-hydrogen) atoms. The Morgan fingerprint density at radius 2 is 1.65 bits per heavy atom. The maximum Gasteiger partial charge on any atom is 0.194 e. The van der Waals surface area contributed by atoms with Gasteiger partial charge in [-0.2, -0.15) is 0 Å². The van der Waals surface area contributed by atoms with Crippen molar-refractivity contribution in [3.63, 3.8) is 0 Å². The molecular weight excluding hydrogens is 296 g/mol. The average Bonchev–Trinajstić information content (AvgIpc) is 3.40. The standard InChI is InChI=1S/C18H18O5/c1-20-11-22-15-9-3-12(4-10-15)16(19)18-17(23-18)13-5-7-14(21-2)8-6-13/h3-10,17-18H,11H2,1-2H3. The molecule has 2 aromatic carbocycles. The second kappa shape index (κ2) is 6.81. The van der Waals surface area contributed by atoms with Gasteiger partial charge in [0.05, 0.1) is 7.11 Å². The van der Waals surface area contributed by atoms with Crippen molar-refractivity contribution >= 4 is 5.78 Å². The quantitative estimate of drug-likeness (QED) is 0.447. The van der Waals surface area contributed by atoms with E-state index < -0.39 is 6.10 Å². The summed E-state index contributed by atoms with van der Waals surface area (Å²) in [7, 11) is 3.18. The first-order chi connectivity index (χ1) is 11.2. The SMILES string of the molecule is COCOc1ccc(C(=O)C2OC2c2ccc(OC)cc2)cc1. The molecule has 2 unspecified atom stereocenters. The van der Waals surface area contributed by atoms with Crippen LogP contribution in [0.15, 0.2) is 48.5 Å². The molecule has 5 nitrogen and oxygen atoms in total. The molecule has 0 spiro atoms. The molecule has 0 radical (unpaired) electrons. The first-order valence-corrected chi connectivity index (χ1v) is 7.28. The van der Waals surface area contributed by atoms with Crippen LogP contribution in [0.3, 0.4) is 0 Å². The number of methoxy groups -OCH3 is 2. The lowest BCUT2D eigenvalue weighted by molar-refractivity contribution is 0.0511. The van der Waals surface area contributed by atoms with Crippen molar-refractivity contribution in [3.8, 4) is 11.5 Å². The molecule has 0 aromatic heterocycles. The van der Waals surface area contributed by atoms with E-state index in [1.165, 1.54) is 0 Å². The molecule has 120 valence electrons. The molecule has 1 heterocycles. The smallest absolute Gasteiger partial charge is 0.194 e. The number of ketones is 1. The summed E-state index contributed by atoms with van der Waals surface area (Å²) < 4.78 is 20.8. The maximum absolute atomic E-state index is 12.4. The van der Waals surface area contributed by atoms with Crippen molar-refractivity contribution in [1.29, 1.82) is 0 Å². The minimum atomic E-state index is -0.422. The van der Waals surface area contributed by atoms with Gasteiger partial charge in [-0.1, -0.05) is 12.1 Å². The molecule has 0 amide bonds. The van der Waals surface area contributed by atoms with E-state index in [0.717, 1.165) is 11.3 Å². The van der Waals surface area contributed by atoms with Crippen LogP contribution >= 0.6 is 0 Å². The summed E-state index contributed by atoms with van der Waals surface area (Å²) in [6.45, 7) is 0.179. The van der Waals surface area contributed by atoms with Gasteiger partial charge < -0.3 is 18.9 Å². The number of epoxide rings is 1. The van der Waals surface area contributed by atoms with Crippen LogP contribution in [0.4, 0.5) is 0 Å². The molecular formula is C18H18O5. The van der Waals surface area contributed by atoms with Gasteiger partial charge in [0.25, 0.3) is 0 Å². The molecule has 2 aromatic rings. The summed E-state index contributed by atoms with van der Waals surface area (Å²) in [5.41, 5.74) is 1.58. The van der Waals surface area contributed by atoms with Crippen LogP contribution < -0.4 is 9.47 Å². The van der Waals surface area contributed by atoms with Crippen LogP contribution in [-0.2, 0) is 9.47 Å². The molecule has 2 atom stereocenters. The topological polar surface area (TPSA) is 57.3 Å². The minimum Gasteiger partial charge on any atom is -0.497 e. The fraction of sp³-hybridized carbons (Fsp3) is 0.278. The van der Waals surface area contributed by atoms with E-state index in [9.17, 15) is 4.79 Å². The van der Waals surface area contributed by atoms with E-state index in [1.54, 1.807) is 38.5 Å². The van der Waals surface area contributed by atoms with E-state index >= 15 is 0 Å². The third-order valence-corrected chi connectivity index (χ3v) is 3.68. The third-order valence-electron chi connectivity index (χ3n) is 3.68. The fourth-order valence-corrected chi connectivity index (χ4v) is 2.37. The predicted octanol–water partition coefficient (Wildman–Crippen LogP) is 3.00. The highest BCUT2D eigenvalue weighted by atomic mass is 16.7. The van der Waals surface area contributed by atoms with E-state index in [0.29, 0.717) is 11.3 Å². The number of Topliss-reactive ketones (excluding diaryl/α,β-unsaturated/α-hetero) is 1. The van der Waals surface area contributed by atoms with Crippen molar-refractivity contribution in [2.45, 2.75) is 12.2 Å². The molecule has 1 aliphatic heterocycles. The second-order valence-electron chi connectivity index (χ2n) is 5.19. The van der Waals surface area contributed by atoms with Crippen molar-refractivity contribution in [2.24, 2.45) is 0 Å². The summed E-state index contributed by atoms with van der Waals surface area (Å²) in [6, 6.07) is 14.5. The van der Waals surface area contributed by atoms with Gasteiger partial charge in [0.15, 0.2) is 18.7 Å². The Kier molecular flexibility index (Phi) is 4.60. The highest BCUT2D eigenvalue weighted by molar-refractivity contribution is 6.01. The highest BCUT2D eigenvalue weighted by Gasteiger charge is 2.46. The number of hydrogen-bond acceptors (Lipinski definition) is 5. The Hall–Kier alpha value is -2.37. The third kappa shape index (κ3) is 3.52. The number of carbonyl (C=O) groups excluding carboxylic acids is 1. The Morgan fingerprint density at radius 1 is 1.00 bits per heavy atom. The largest absolute Gasteiger partial charge is 0.497 e. The zero-order chi connectivity index (χ0) is 16.2. The number of benzene rings is 2. The summed E-state index contributed by atoms with van der Waals surface area (Å²) in [4.78, 5) is 12.4. The lowest BCUT2D eigenvalue weighted by atomic mass is 10.0. The van der Waals surface area contributed by atoms with Crippen LogP contribution in [0.1, 0.15) is 22.0 Å². The van der Waals surface area contributed by atoms with E-state index in [2.05, 4.69) is 0 Å². The second-order valence-corrected chi connectivity index (χ2v) is 5.19. The zero-order valence-corrected chi connectivity index (χ0v) is 13.0. The molecule has 1 saturated heterocycles. The van der Waals surface area contributed by atoms with Crippen molar-refractivity contribution in [1.82, 2.24) is 0 Å². The molecule has 1 fully saturated rings. The highest BCUT2D eigenvalue weighted by Crippen LogP contribution is 2.41. The zero-order valence-electron chi connectivity index (χ0n) is 13.0. The van der Waals surface area contributed by atoms with Gasteiger partial charge >= 0.3 is 0 Å². The van der Waals surface area contributed by atoms with Crippen LogP contribution in [0.5, 0.6) is 11.5 Å². The summed E-state index contributed by atoms with van der Waals surface area (Å²) >= 11 is 0. The van der Waals surface area contributed by atoms with Gasteiger partial charge in [0.1, 0.15) is 17.6 Å². The predicted molar refractivity (Wildman–Crippen MR) is 83.9 cm³/mol. The minimum absolute atomic E-state index is 0.0240. The Labute approximate surface area is 134 Å². The van der Waals surface area contributed by atoms with Crippen LogP contribution in [-0.4, -0.2) is 32.9 Å². The molecule has 0 saturated carbocycles. The van der Waals surface area contributed by atoms with Gasteiger partial charge in [-0.3, -0.25) is 4.79 Å². The number of carbonyl (C=O) groups is 1. The molecule has 0 aliphatic carbocycles. The monoisotopic (exact) mass is 314 g/mol. The summed E-state index contributed by atoms with van der Waals surface area (Å²) in [5, 5.41) is 0. The van der Waals surface area contributed by atoms with Gasteiger partial charge in [-0.05, 0) is 42.0 Å². The van der Waals surface area contributed by atoms with Crippen molar-refractivity contribution < 1.29 is 23.7 Å². The van der Waals surface area contributed by atoms with Crippen molar-refractivity contribution in [2.75, 3.05) is 21.0 Å². The van der Waals surface area contributed by atoms with Crippen molar-refractivity contribution in [3.05, 3.63) is 59.7 Å². The normalized spacial score (nSPS) is 19.2. The number of rotatable bonds is 7.